The normalized spacial score (nSPS) is 10.5. The van der Waals surface area contributed by atoms with Crippen LogP contribution in [0.3, 0.4) is 0 Å². The zero-order valence-corrected chi connectivity index (χ0v) is 10.0. The number of benzene rings is 1. The number of hydrogen-bond acceptors (Lipinski definition) is 3. The Bertz CT molecular complexity index is 599. The van der Waals surface area contributed by atoms with Crippen LogP contribution in [0, 0.1) is 5.82 Å². The first-order chi connectivity index (χ1) is 8.02. The number of aromatic nitrogens is 2. The van der Waals surface area contributed by atoms with E-state index in [1.54, 1.807) is 6.07 Å². The highest BCUT2D eigenvalue weighted by Gasteiger charge is 2.16. The Morgan fingerprint density at radius 3 is 2.82 bits per heavy atom. The Labute approximate surface area is 107 Å². The number of nitrogens with zero attached hydrogens (tertiary/aromatic N) is 2. The number of thiol groups is 1. The minimum atomic E-state index is -0.651. The smallest absolute Gasteiger partial charge is 0.221 e. The summed E-state index contributed by atoms with van der Waals surface area (Å²) in [6.45, 7) is 0. The predicted octanol–water partition coefficient (Wildman–Crippen LogP) is 2.32. The molecule has 2 N–H and O–H groups in total. The first kappa shape index (κ1) is 11.9. The Morgan fingerprint density at radius 1 is 1.53 bits per heavy atom. The molecule has 17 heavy (non-hydrogen) atoms. The molecule has 2 aromatic rings. The van der Waals surface area contributed by atoms with E-state index < -0.39 is 10.9 Å². The SMILES string of the molecule is Nc1c(C(=O)S)cnn1-c1cccc(Cl)c1F. The maximum atomic E-state index is 13.7. The van der Waals surface area contributed by atoms with E-state index in [1.807, 2.05) is 0 Å². The Hall–Kier alpha value is -1.53. The summed E-state index contributed by atoms with van der Waals surface area (Å²) in [5, 5.41) is 3.26. The third-order valence-corrected chi connectivity index (χ3v) is 2.73. The van der Waals surface area contributed by atoms with Crippen LogP contribution in [0.2, 0.25) is 5.02 Å². The quantitative estimate of drug-likeness (QED) is 0.824. The molecule has 0 atom stereocenters. The molecule has 0 saturated carbocycles. The molecule has 88 valence electrons. The van der Waals surface area contributed by atoms with E-state index in [9.17, 15) is 9.18 Å². The zero-order chi connectivity index (χ0) is 12.6. The van der Waals surface area contributed by atoms with E-state index in [0.717, 1.165) is 4.68 Å². The van der Waals surface area contributed by atoms with Gasteiger partial charge >= 0.3 is 0 Å². The van der Waals surface area contributed by atoms with Crippen molar-refractivity contribution in [3.8, 4) is 5.69 Å². The maximum Gasteiger partial charge on any atom is 0.221 e. The number of hydrogen-bond donors (Lipinski definition) is 2. The number of nitrogen functional groups attached to an aromatic ring is 1. The highest BCUT2D eigenvalue weighted by Crippen LogP contribution is 2.24. The number of carbonyl (C=O) groups excluding carboxylic acids is 1. The van der Waals surface area contributed by atoms with Crippen molar-refractivity contribution in [2.75, 3.05) is 5.73 Å². The maximum absolute atomic E-state index is 13.7. The standard InChI is InChI=1S/C10H7ClFN3OS/c11-6-2-1-3-7(8(6)12)15-9(13)5(4-14-15)10(16)17/h1-4H,13H2,(H,16,17). The molecule has 0 radical (unpaired) electrons. The van der Waals surface area contributed by atoms with Crippen LogP contribution in [-0.4, -0.2) is 14.9 Å². The summed E-state index contributed by atoms with van der Waals surface area (Å²) in [5.74, 6) is -0.631. The van der Waals surface area contributed by atoms with Crippen LogP contribution < -0.4 is 5.73 Å². The molecule has 7 heteroatoms. The second-order valence-corrected chi connectivity index (χ2v) is 4.05. The van der Waals surface area contributed by atoms with Gasteiger partial charge in [-0.3, -0.25) is 4.79 Å². The van der Waals surface area contributed by atoms with E-state index in [1.165, 1.54) is 18.3 Å². The fraction of sp³-hybridized carbons (Fsp3) is 0. The lowest BCUT2D eigenvalue weighted by Crippen LogP contribution is -2.06. The molecule has 0 unspecified atom stereocenters. The van der Waals surface area contributed by atoms with E-state index in [-0.39, 0.29) is 22.1 Å². The lowest BCUT2D eigenvalue weighted by molar-refractivity contribution is 0.109. The molecule has 0 aliphatic heterocycles. The Balaban J connectivity index is 2.62. The van der Waals surface area contributed by atoms with E-state index in [2.05, 4.69) is 17.7 Å². The summed E-state index contributed by atoms with van der Waals surface area (Å²) in [6.07, 6.45) is 1.23. The molecule has 0 bridgehead atoms. The van der Waals surface area contributed by atoms with E-state index in [0.29, 0.717) is 0 Å². The van der Waals surface area contributed by atoms with Gasteiger partial charge in [-0.05, 0) is 12.1 Å². The van der Waals surface area contributed by atoms with Gasteiger partial charge in [-0.15, -0.1) is 12.6 Å². The Kier molecular flexibility index (Phi) is 3.08. The van der Waals surface area contributed by atoms with Crippen molar-refractivity contribution in [3.05, 3.63) is 40.8 Å². The van der Waals surface area contributed by atoms with Crippen LogP contribution in [0.25, 0.3) is 5.69 Å². The van der Waals surface area contributed by atoms with Crippen molar-refractivity contribution in [2.45, 2.75) is 0 Å². The summed E-state index contributed by atoms with van der Waals surface area (Å²) in [4.78, 5) is 11.1. The molecule has 4 nitrogen and oxygen atoms in total. The molecule has 0 saturated heterocycles. The molecule has 0 amide bonds. The monoisotopic (exact) mass is 271 g/mol. The second-order valence-electron chi connectivity index (χ2n) is 3.23. The highest BCUT2D eigenvalue weighted by atomic mass is 35.5. The number of nitrogens with two attached hydrogens (primary N) is 1. The second kappa shape index (κ2) is 4.38. The molecule has 0 aliphatic rings. The summed E-state index contributed by atoms with van der Waals surface area (Å²) < 4.78 is 14.8. The van der Waals surface area contributed by atoms with Gasteiger partial charge in [0.25, 0.3) is 0 Å². The summed E-state index contributed by atoms with van der Waals surface area (Å²) >= 11 is 9.28. The van der Waals surface area contributed by atoms with Crippen LogP contribution >= 0.6 is 24.2 Å². The third-order valence-electron chi connectivity index (χ3n) is 2.20. The van der Waals surface area contributed by atoms with Crippen LogP contribution in [0.4, 0.5) is 10.2 Å². The summed E-state index contributed by atoms with van der Waals surface area (Å²) in [5.41, 5.74) is 5.87. The van der Waals surface area contributed by atoms with Crippen LogP contribution in [0.5, 0.6) is 0 Å². The van der Waals surface area contributed by atoms with Crippen molar-refractivity contribution < 1.29 is 9.18 Å². The number of anilines is 1. The van der Waals surface area contributed by atoms with Crippen LogP contribution in [-0.2, 0) is 0 Å². The predicted molar refractivity (Wildman–Crippen MR) is 66.3 cm³/mol. The average molecular weight is 272 g/mol. The number of rotatable bonds is 2. The fourth-order valence-corrected chi connectivity index (χ4v) is 1.71. The molecule has 0 aliphatic carbocycles. The van der Waals surface area contributed by atoms with Gasteiger partial charge in [-0.25, -0.2) is 9.07 Å². The van der Waals surface area contributed by atoms with E-state index >= 15 is 0 Å². The summed E-state index contributed by atoms with van der Waals surface area (Å²) in [7, 11) is 0. The summed E-state index contributed by atoms with van der Waals surface area (Å²) in [6, 6.07) is 4.42. The molecular formula is C10H7ClFN3OS. The van der Waals surface area contributed by atoms with Crippen LogP contribution in [0.15, 0.2) is 24.4 Å². The van der Waals surface area contributed by atoms with Gasteiger partial charge in [0, 0.05) is 0 Å². The fourth-order valence-electron chi connectivity index (χ4n) is 1.37. The number of halogens is 2. The zero-order valence-electron chi connectivity index (χ0n) is 8.39. The molecule has 0 spiro atoms. The Morgan fingerprint density at radius 2 is 2.24 bits per heavy atom. The van der Waals surface area contributed by atoms with Crippen molar-refractivity contribution in [1.82, 2.24) is 9.78 Å². The molecule has 1 aromatic heterocycles. The number of carbonyl (C=O) groups is 1. The average Bonchev–Trinajstić information content (AvgIpc) is 2.64. The molecule has 1 aromatic carbocycles. The molecular weight excluding hydrogens is 265 g/mol. The van der Waals surface area contributed by atoms with Gasteiger partial charge in [0.2, 0.25) is 5.12 Å². The van der Waals surface area contributed by atoms with Gasteiger partial charge < -0.3 is 5.73 Å². The van der Waals surface area contributed by atoms with Gasteiger partial charge in [0.15, 0.2) is 5.82 Å². The minimum Gasteiger partial charge on any atom is -0.383 e. The first-order valence-electron chi connectivity index (χ1n) is 4.53. The van der Waals surface area contributed by atoms with Crippen molar-refractivity contribution in [3.63, 3.8) is 0 Å². The van der Waals surface area contributed by atoms with Crippen molar-refractivity contribution >= 4 is 35.2 Å². The third kappa shape index (κ3) is 2.01. The van der Waals surface area contributed by atoms with Crippen LogP contribution in [0.1, 0.15) is 10.4 Å². The minimum absolute atomic E-state index is 0.0196. The molecule has 0 fully saturated rings. The molecule has 2 rings (SSSR count). The highest BCUT2D eigenvalue weighted by molar-refractivity contribution is 7.97. The lowest BCUT2D eigenvalue weighted by Gasteiger charge is -2.06. The van der Waals surface area contributed by atoms with Crippen molar-refractivity contribution in [1.29, 1.82) is 0 Å². The van der Waals surface area contributed by atoms with Gasteiger partial charge in [0.1, 0.15) is 11.5 Å². The molecule has 1 heterocycles. The van der Waals surface area contributed by atoms with Gasteiger partial charge in [-0.2, -0.15) is 5.10 Å². The van der Waals surface area contributed by atoms with E-state index in [4.69, 9.17) is 17.3 Å². The first-order valence-corrected chi connectivity index (χ1v) is 5.36. The topological polar surface area (TPSA) is 60.9 Å². The largest absolute Gasteiger partial charge is 0.383 e. The van der Waals surface area contributed by atoms with Gasteiger partial charge in [0.05, 0.1) is 16.8 Å². The van der Waals surface area contributed by atoms with Gasteiger partial charge in [-0.1, -0.05) is 17.7 Å². The lowest BCUT2D eigenvalue weighted by atomic mass is 10.3. The van der Waals surface area contributed by atoms with Crippen molar-refractivity contribution in [2.24, 2.45) is 0 Å².